The maximum Gasteiger partial charge on any atom is 0.131 e. The number of fused-ring (bicyclic) bond motifs is 1. The summed E-state index contributed by atoms with van der Waals surface area (Å²) >= 11 is 0. The topological polar surface area (TPSA) is 50.9 Å². The first-order valence-corrected chi connectivity index (χ1v) is 6.63. The highest BCUT2D eigenvalue weighted by molar-refractivity contribution is 5.85. The summed E-state index contributed by atoms with van der Waals surface area (Å²) in [5, 5.41) is 4.47. The zero-order valence-electron chi connectivity index (χ0n) is 11.6. The lowest BCUT2D eigenvalue weighted by Gasteiger charge is -2.11. The first-order chi connectivity index (χ1) is 9.63. The molecule has 3 nitrogen and oxygen atoms in total. The van der Waals surface area contributed by atoms with Gasteiger partial charge < -0.3 is 11.1 Å². The molecule has 0 aliphatic heterocycles. The summed E-state index contributed by atoms with van der Waals surface area (Å²) in [6.07, 6.45) is 0. The Kier molecular flexibility index (Phi) is 3.03. The molecule has 0 spiro atoms. The largest absolute Gasteiger partial charge is 0.397 e. The van der Waals surface area contributed by atoms with Crippen LogP contribution < -0.4 is 11.1 Å². The number of anilines is 3. The molecule has 0 aliphatic rings. The Balaban J connectivity index is 2.05. The average Bonchev–Trinajstić information content (AvgIpc) is 2.42. The van der Waals surface area contributed by atoms with Gasteiger partial charge in [-0.15, -0.1) is 0 Å². The van der Waals surface area contributed by atoms with Gasteiger partial charge in [0.25, 0.3) is 0 Å². The van der Waals surface area contributed by atoms with Crippen LogP contribution in [0.2, 0.25) is 0 Å². The van der Waals surface area contributed by atoms with Gasteiger partial charge in [-0.3, -0.25) is 0 Å². The smallest absolute Gasteiger partial charge is 0.131 e. The van der Waals surface area contributed by atoms with Crippen molar-refractivity contribution in [3.05, 3.63) is 59.7 Å². The van der Waals surface area contributed by atoms with Gasteiger partial charge in [-0.05, 0) is 49.7 Å². The van der Waals surface area contributed by atoms with Gasteiger partial charge in [-0.1, -0.05) is 23.8 Å². The maximum absolute atomic E-state index is 5.95. The van der Waals surface area contributed by atoms with Crippen molar-refractivity contribution in [1.29, 1.82) is 0 Å². The van der Waals surface area contributed by atoms with Crippen molar-refractivity contribution in [2.75, 3.05) is 11.1 Å². The minimum absolute atomic E-state index is 0.718. The zero-order valence-corrected chi connectivity index (χ0v) is 11.6. The molecule has 0 bridgehead atoms. The summed E-state index contributed by atoms with van der Waals surface area (Å²) in [5.41, 5.74) is 11.0. The lowest BCUT2D eigenvalue weighted by Crippen LogP contribution is -1.98. The maximum atomic E-state index is 5.95. The Hall–Kier alpha value is -2.55. The number of rotatable bonds is 2. The second-order valence-corrected chi connectivity index (χ2v) is 5.06. The van der Waals surface area contributed by atoms with Gasteiger partial charge in [0.05, 0.1) is 16.9 Å². The van der Waals surface area contributed by atoms with Crippen LogP contribution in [0.25, 0.3) is 10.9 Å². The average molecular weight is 263 g/mol. The lowest BCUT2D eigenvalue weighted by molar-refractivity contribution is 1.33. The standard InChI is InChI=1S/C17H17N3/c1-11-7-8-15-13(9-11)12(2)10-17(19-15)20-16-6-4-3-5-14(16)18/h3-10H,18H2,1-2H3,(H,19,20). The number of aryl methyl sites for hydroxylation is 2. The van der Waals surface area contributed by atoms with Crippen molar-refractivity contribution in [2.24, 2.45) is 0 Å². The zero-order chi connectivity index (χ0) is 14.1. The lowest BCUT2D eigenvalue weighted by atomic mass is 10.1. The molecule has 0 unspecified atom stereocenters. The van der Waals surface area contributed by atoms with E-state index in [4.69, 9.17) is 5.73 Å². The SMILES string of the molecule is Cc1ccc2nc(Nc3ccccc3N)cc(C)c2c1. The number of nitrogen functional groups attached to an aromatic ring is 1. The molecular formula is C17H17N3. The van der Waals surface area contributed by atoms with Crippen molar-refractivity contribution in [3.63, 3.8) is 0 Å². The van der Waals surface area contributed by atoms with E-state index in [0.717, 1.165) is 22.7 Å². The van der Waals surface area contributed by atoms with Crippen molar-refractivity contribution in [1.82, 2.24) is 4.98 Å². The van der Waals surface area contributed by atoms with Crippen LogP contribution in [0.3, 0.4) is 0 Å². The first kappa shape index (κ1) is 12.5. The number of nitrogens with zero attached hydrogens (tertiary/aromatic N) is 1. The van der Waals surface area contributed by atoms with Gasteiger partial charge in [0.2, 0.25) is 0 Å². The number of benzene rings is 2. The van der Waals surface area contributed by atoms with E-state index in [1.54, 1.807) is 0 Å². The van der Waals surface area contributed by atoms with Crippen LogP contribution in [0.4, 0.5) is 17.2 Å². The number of hydrogen-bond acceptors (Lipinski definition) is 3. The molecule has 20 heavy (non-hydrogen) atoms. The molecule has 3 heteroatoms. The van der Waals surface area contributed by atoms with Crippen LogP contribution in [0, 0.1) is 13.8 Å². The van der Waals surface area contributed by atoms with Crippen molar-refractivity contribution >= 4 is 28.1 Å². The van der Waals surface area contributed by atoms with E-state index in [-0.39, 0.29) is 0 Å². The monoisotopic (exact) mass is 263 g/mol. The molecule has 0 amide bonds. The van der Waals surface area contributed by atoms with Gasteiger partial charge in [-0.2, -0.15) is 0 Å². The van der Waals surface area contributed by atoms with Crippen molar-refractivity contribution < 1.29 is 0 Å². The molecule has 2 aromatic carbocycles. The molecular weight excluding hydrogens is 246 g/mol. The molecule has 0 aliphatic carbocycles. The van der Waals surface area contributed by atoms with E-state index >= 15 is 0 Å². The highest BCUT2D eigenvalue weighted by Crippen LogP contribution is 2.25. The first-order valence-electron chi connectivity index (χ1n) is 6.63. The van der Waals surface area contributed by atoms with E-state index in [1.165, 1.54) is 16.5 Å². The summed E-state index contributed by atoms with van der Waals surface area (Å²) < 4.78 is 0. The van der Waals surface area contributed by atoms with Crippen LogP contribution in [0.15, 0.2) is 48.5 Å². The van der Waals surface area contributed by atoms with Gasteiger partial charge in [0.15, 0.2) is 0 Å². The third kappa shape index (κ3) is 2.30. The molecule has 0 radical (unpaired) electrons. The van der Waals surface area contributed by atoms with Crippen molar-refractivity contribution in [2.45, 2.75) is 13.8 Å². The summed E-state index contributed by atoms with van der Waals surface area (Å²) in [5.74, 6) is 0.816. The van der Waals surface area contributed by atoms with E-state index in [9.17, 15) is 0 Å². The normalized spacial score (nSPS) is 10.7. The number of para-hydroxylation sites is 2. The minimum atomic E-state index is 0.718. The molecule has 3 rings (SSSR count). The number of hydrogen-bond donors (Lipinski definition) is 2. The second-order valence-electron chi connectivity index (χ2n) is 5.06. The molecule has 1 heterocycles. The second kappa shape index (κ2) is 4.85. The number of nitrogens with one attached hydrogen (secondary N) is 1. The Morgan fingerprint density at radius 2 is 1.80 bits per heavy atom. The highest BCUT2D eigenvalue weighted by atomic mass is 15.0. The van der Waals surface area contributed by atoms with Crippen LogP contribution in [0.1, 0.15) is 11.1 Å². The predicted molar refractivity (Wildman–Crippen MR) is 85.4 cm³/mol. The van der Waals surface area contributed by atoms with Gasteiger partial charge in [-0.25, -0.2) is 4.98 Å². The van der Waals surface area contributed by atoms with Gasteiger partial charge >= 0.3 is 0 Å². The molecule has 1 aromatic heterocycles. The van der Waals surface area contributed by atoms with Crippen LogP contribution >= 0.6 is 0 Å². The van der Waals surface area contributed by atoms with Crippen LogP contribution in [0.5, 0.6) is 0 Å². The summed E-state index contributed by atoms with van der Waals surface area (Å²) in [4.78, 5) is 4.65. The summed E-state index contributed by atoms with van der Waals surface area (Å²) in [7, 11) is 0. The number of nitrogens with two attached hydrogens (primary N) is 1. The highest BCUT2D eigenvalue weighted by Gasteiger charge is 2.05. The van der Waals surface area contributed by atoms with Crippen LogP contribution in [-0.2, 0) is 0 Å². The Bertz CT molecular complexity index is 778. The fourth-order valence-electron chi connectivity index (χ4n) is 2.32. The molecule has 0 saturated carbocycles. The van der Waals surface area contributed by atoms with Crippen LogP contribution in [-0.4, -0.2) is 4.98 Å². The molecule has 100 valence electrons. The Labute approximate surface area is 118 Å². The van der Waals surface area contributed by atoms with E-state index in [0.29, 0.717) is 0 Å². The van der Waals surface area contributed by atoms with E-state index in [2.05, 4.69) is 42.3 Å². The quantitative estimate of drug-likeness (QED) is 0.682. The summed E-state index contributed by atoms with van der Waals surface area (Å²) in [6.45, 7) is 4.19. The van der Waals surface area contributed by atoms with Gasteiger partial charge in [0.1, 0.15) is 5.82 Å². The molecule has 0 atom stereocenters. The molecule has 0 fully saturated rings. The minimum Gasteiger partial charge on any atom is -0.397 e. The fourth-order valence-corrected chi connectivity index (χ4v) is 2.32. The fraction of sp³-hybridized carbons (Fsp3) is 0.118. The summed E-state index contributed by atoms with van der Waals surface area (Å²) in [6, 6.07) is 16.0. The molecule has 0 saturated heterocycles. The van der Waals surface area contributed by atoms with Gasteiger partial charge in [0, 0.05) is 5.39 Å². The van der Waals surface area contributed by atoms with Crippen molar-refractivity contribution in [3.8, 4) is 0 Å². The number of aromatic nitrogens is 1. The third-order valence-corrected chi connectivity index (χ3v) is 3.39. The molecule has 3 N–H and O–H groups in total. The number of pyridine rings is 1. The Morgan fingerprint density at radius 3 is 2.60 bits per heavy atom. The van der Waals surface area contributed by atoms with E-state index < -0.39 is 0 Å². The third-order valence-electron chi connectivity index (χ3n) is 3.39. The Morgan fingerprint density at radius 1 is 1.00 bits per heavy atom. The van der Waals surface area contributed by atoms with E-state index in [1.807, 2.05) is 30.3 Å². The predicted octanol–water partition coefficient (Wildman–Crippen LogP) is 4.18. The molecule has 3 aromatic rings.